The van der Waals surface area contributed by atoms with Crippen molar-refractivity contribution in [2.45, 2.75) is 33.3 Å². The smallest absolute Gasteiger partial charge is 0.120 e. The fourth-order valence-corrected chi connectivity index (χ4v) is 1.44. The van der Waals surface area contributed by atoms with E-state index in [2.05, 4.69) is 5.32 Å². The van der Waals surface area contributed by atoms with Gasteiger partial charge < -0.3 is 15.2 Å². The van der Waals surface area contributed by atoms with E-state index in [0.717, 1.165) is 17.0 Å². The molecule has 0 aromatic heterocycles. The van der Waals surface area contributed by atoms with E-state index in [1.54, 1.807) is 0 Å². The van der Waals surface area contributed by atoms with Gasteiger partial charge in [-0.1, -0.05) is 0 Å². The molecule has 0 bridgehead atoms. The third-order valence-corrected chi connectivity index (χ3v) is 2.05. The van der Waals surface area contributed by atoms with Crippen molar-refractivity contribution in [3.8, 4) is 5.75 Å². The van der Waals surface area contributed by atoms with Gasteiger partial charge in [0.15, 0.2) is 0 Å². The van der Waals surface area contributed by atoms with Crippen LogP contribution in [0.25, 0.3) is 0 Å². The Balaban J connectivity index is 2.74. The van der Waals surface area contributed by atoms with Gasteiger partial charge in [-0.25, -0.2) is 0 Å². The zero-order chi connectivity index (χ0) is 12.2. The van der Waals surface area contributed by atoms with Crippen molar-refractivity contribution in [2.24, 2.45) is 0 Å². The molecule has 0 amide bonds. The molecule has 0 aliphatic rings. The lowest BCUT2D eigenvalue weighted by Crippen LogP contribution is -2.23. The average molecular weight is 223 g/mol. The van der Waals surface area contributed by atoms with Gasteiger partial charge in [-0.3, -0.25) is 0 Å². The summed E-state index contributed by atoms with van der Waals surface area (Å²) in [6.07, 6.45) is 0. The third-order valence-electron chi connectivity index (χ3n) is 2.05. The molecule has 0 radical (unpaired) electrons. The van der Waals surface area contributed by atoms with E-state index in [-0.39, 0.29) is 12.2 Å². The van der Waals surface area contributed by atoms with Gasteiger partial charge in [0.2, 0.25) is 0 Å². The summed E-state index contributed by atoms with van der Waals surface area (Å²) in [7, 11) is 0. The van der Waals surface area contributed by atoms with E-state index in [0.29, 0.717) is 6.54 Å². The molecule has 3 nitrogen and oxygen atoms in total. The van der Waals surface area contributed by atoms with Gasteiger partial charge in [-0.2, -0.15) is 0 Å². The van der Waals surface area contributed by atoms with Crippen molar-refractivity contribution in [3.05, 3.63) is 23.8 Å². The van der Waals surface area contributed by atoms with Gasteiger partial charge in [0.25, 0.3) is 0 Å². The van der Waals surface area contributed by atoms with Gasteiger partial charge >= 0.3 is 0 Å². The minimum atomic E-state index is -0.174. The molecule has 0 spiro atoms. The number of anilines is 1. The first-order chi connectivity index (χ1) is 7.42. The van der Waals surface area contributed by atoms with Crippen LogP contribution >= 0.6 is 0 Å². The lowest BCUT2D eigenvalue weighted by molar-refractivity contribution is 0.131. The van der Waals surface area contributed by atoms with Crippen LogP contribution in [0.3, 0.4) is 0 Å². The van der Waals surface area contributed by atoms with Crippen LogP contribution in [0, 0.1) is 6.92 Å². The molecule has 3 heteroatoms. The largest absolute Gasteiger partial charge is 0.488 e. The highest BCUT2D eigenvalue weighted by Crippen LogP contribution is 2.24. The van der Waals surface area contributed by atoms with Crippen molar-refractivity contribution < 1.29 is 9.84 Å². The van der Waals surface area contributed by atoms with E-state index in [4.69, 9.17) is 9.84 Å². The Morgan fingerprint density at radius 1 is 1.31 bits per heavy atom. The fraction of sp³-hybridized carbons (Fsp3) is 0.538. The minimum absolute atomic E-state index is 0.139. The summed E-state index contributed by atoms with van der Waals surface area (Å²) in [5.41, 5.74) is 1.98. The Kier molecular flexibility index (Phi) is 4.19. The zero-order valence-corrected chi connectivity index (χ0v) is 10.5. The Bertz CT molecular complexity index is 342. The lowest BCUT2D eigenvalue weighted by Gasteiger charge is -2.22. The van der Waals surface area contributed by atoms with E-state index >= 15 is 0 Å². The Morgan fingerprint density at radius 2 is 2.00 bits per heavy atom. The van der Waals surface area contributed by atoms with Gasteiger partial charge in [-0.05, 0) is 51.5 Å². The Hall–Kier alpha value is -1.22. The first kappa shape index (κ1) is 12.8. The number of hydrogen-bond acceptors (Lipinski definition) is 3. The van der Waals surface area contributed by atoms with Crippen LogP contribution in [-0.4, -0.2) is 23.9 Å². The fourth-order valence-electron chi connectivity index (χ4n) is 1.44. The standard InChI is InChI=1S/C13H21NO2/c1-10-9-11(16-13(2,3)4)5-6-12(10)14-7-8-15/h5-6,9,14-15H,7-8H2,1-4H3. The molecule has 0 aliphatic heterocycles. The number of rotatable bonds is 4. The topological polar surface area (TPSA) is 41.5 Å². The number of aryl methyl sites for hydroxylation is 1. The number of aliphatic hydroxyl groups is 1. The number of aliphatic hydroxyl groups excluding tert-OH is 1. The molecule has 0 saturated heterocycles. The Morgan fingerprint density at radius 3 is 2.50 bits per heavy atom. The predicted octanol–water partition coefficient (Wildman–Crippen LogP) is 2.58. The highest BCUT2D eigenvalue weighted by atomic mass is 16.5. The second-order valence-corrected chi connectivity index (χ2v) is 4.84. The van der Waals surface area contributed by atoms with Crippen LogP contribution in [0.5, 0.6) is 5.75 Å². The molecule has 0 saturated carbocycles. The minimum Gasteiger partial charge on any atom is -0.488 e. The van der Waals surface area contributed by atoms with Crippen LogP contribution in [-0.2, 0) is 0 Å². The summed E-state index contributed by atoms with van der Waals surface area (Å²) in [6.45, 7) is 8.82. The van der Waals surface area contributed by atoms with E-state index in [1.165, 1.54) is 0 Å². The van der Waals surface area contributed by atoms with Crippen molar-refractivity contribution in [3.63, 3.8) is 0 Å². The summed E-state index contributed by atoms with van der Waals surface area (Å²) in [5, 5.41) is 11.9. The highest BCUT2D eigenvalue weighted by Gasteiger charge is 2.12. The highest BCUT2D eigenvalue weighted by molar-refractivity contribution is 5.53. The number of nitrogens with one attached hydrogen (secondary N) is 1. The van der Waals surface area contributed by atoms with Crippen LogP contribution < -0.4 is 10.1 Å². The molecule has 0 heterocycles. The number of ether oxygens (including phenoxy) is 1. The molecule has 0 fully saturated rings. The van der Waals surface area contributed by atoms with Crippen LogP contribution in [0.1, 0.15) is 26.3 Å². The molecule has 1 aromatic rings. The monoisotopic (exact) mass is 223 g/mol. The molecule has 0 unspecified atom stereocenters. The van der Waals surface area contributed by atoms with Gasteiger partial charge in [-0.15, -0.1) is 0 Å². The van der Waals surface area contributed by atoms with Crippen molar-refractivity contribution in [1.29, 1.82) is 0 Å². The summed E-state index contributed by atoms with van der Waals surface area (Å²) < 4.78 is 5.76. The Labute approximate surface area is 97.4 Å². The van der Waals surface area contributed by atoms with Crippen molar-refractivity contribution in [2.75, 3.05) is 18.5 Å². The van der Waals surface area contributed by atoms with Crippen molar-refractivity contribution in [1.82, 2.24) is 0 Å². The predicted molar refractivity (Wildman–Crippen MR) is 67.1 cm³/mol. The molecule has 90 valence electrons. The van der Waals surface area contributed by atoms with Crippen LogP contribution in [0.15, 0.2) is 18.2 Å². The van der Waals surface area contributed by atoms with E-state index in [1.807, 2.05) is 45.9 Å². The molecule has 16 heavy (non-hydrogen) atoms. The zero-order valence-electron chi connectivity index (χ0n) is 10.5. The SMILES string of the molecule is Cc1cc(OC(C)(C)C)ccc1NCCO. The van der Waals surface area contributed by atoms with Gasteiger partial charge in [0.05, 0.1) is 6.61 Å². The van der Waals surface area contributed by atoms with Crippen LogP contribution in [0.4, 0.5) is 5.69 Å². The van der Waals surface area contributed by atoms with Crippen LogP contribution in [0.2, 0.25) is 0 Å². The lowest BCUT2D eigenvalue weighted by atomic mass is 10.1. The normalized spacial score (nSPS) is 11.3. The molecule has 0 aliphatic carbocycles. The summed E-state index contributed by atoms with van der Waals surface area (Å²) >= 11 is 0. The molecular formula is C13H21NO2. The molecule has 1 rings (SSSR count). The maximum Gasteiger partial charge on any atom is 0.120 e. The average Bonchev–Trinajstić information content (AvgIpc) is 2.14. The maximum atomic E-state index is 8.74. The quantitative estimate of drug-likeness (QED) is 0.824. The summed E-state index contributed by atoms with van der Waals surface area (Å²) in [4.78, 5) is 0. The van der Waals surface area contributed by atoms with Gasteiger partial charge in [0.1, 0.15) is 11.4 Å². The second-order valence-electron chi connectivity index (χ2n) is 4.84. The van der Waals surface area contributed by atoms with E-state index in [9.17, 15) is 0 Å². The second kappa shape index (κ2) is 5.21. The first-order valence-corrected chi connectivity index (χ1v) is 5.57. The molecule has 2 N–H and O–H groups in total. The number of benzene rings is 1. The first-order valence-electron chi connectivity index (χ1n) is 5.57. The molecular weight excluding hydrogens is 202 g/mol. The summed E-state index contributed by atoms with van der Waals surface area (Å²) in [5.74, 6) is 0.875. The third kappa shape index (κ3) is 4.11. The summed E-state index contributed by atoms with van der Waals surface area (Å²) in [6, 6.07) is 5.93. The maximum absolute atomic E-state index is 8.74. The number of hydrogen-bond donors (Lipinski definition) is 2. The molecule has 0 atom stereocenters. The van der Waals surface area contributed by atoms with Crippen molar-refractivity contribution >= 4 is 5.69 Å². The van der Waals surface area contributed by atoms with Gasteiger partial charge in [0, 0.05) is 12.2 Å². The molecule has 1 aromatic carbocycles. The van der Waals surface area contributed by atoms with E-state index < -0.39 is 0 Å².